The fourth-order valence-electron chi connectivity index (χ4n) is 2.03. The molecule has 102 valence electrons. The van der Waals surface area contributed by atoms with E-state index in [0.29, 0.717) is 5.69 Å². The van der Waals surface area contributed by atoms with Crippen molar-refractivity contribution in [3.8, 4) is 0 Å². The predicted molar refractivity (Wildman–Crippen MR) is 73.4 cm³/mol. The molecular formula is C14H10F2N2OS. The number of nitrogens with one attached hydrogen (secondary N) is 1. The largest absolute Gasteiger partial charge is 0.332 e. The highest BCUT2D eigenvalue weighted by molar-refractivity contribution is 7.98. The molecule has 0 saturated heterocycles. The first-order valence-corrected chi connectivity index (χ1v) is 6.75. The van der Waals surface area contributed by atoms with Crippen molar-refractivity contribution in [3.63, 3.8) is 0 Å². The van der Waals surface area contributed by atoms with Crippen LogP contribution in [0.25, 0.3) is 0 Å². The van der Waals surface area contributed by atoms with Crippen LogP contribution in [0.3, 0.4) is 0 Å². The normalized spacial score (nSPS) is 13.9. The van der Waals surface area contributed by atoms with Crippen molar-refractivity contribution in [1.29, 1.82) is 0 Å². The average Bonchev–Trinajstić information content (AvgIpc) is 2.45. The number of rotatable bonds is 2. The molecule has 0 radical (unpaired) electrons. The second-order valence-corrected chi connectivity index (χ2v) is 5.11. The zero-order valence-corrected chi connectivity index (χ0v) is 11.1. The molecule has 1 heterocycles. The maximum atomic E-state index is 13.7. The Morgan fingerprint density at radius 3 is 2.50 bits per heavy atom. The third kappa shape index (κ3) is 2.22. The molecule has 0 unspecified atom stereocenters. The van der Waals surface area contributed by atoms with E-state index in [4.69, 9.17) is 0 Å². The summed E-state index contributed by atoms with van der Waals surface area (Å²) < 4.78 is 30.0. The molecular weight excluding hydrogens is 282 g/mol. The molecule has 20 heavy (non-hydrogen) atoms. The summed E-state index contributed by atoms with van der Waals surface area (Å²) in [6.07, 6.45) is 0. The minimum Gasteiger partial charge on any atom is -0.288 e. The van der Waals surface area contributed by atoms with Gasteiger partial charge in [-0.15, -0.1) is 0 Å². The lowest BCUT2D eigenvalue weighted by atomic mass is 10.1. The quantitative estimate of drug-likeness (QED) is 0.856. The fourth-order valence-corrected chi connectivity index (χ4v) is 2.76. The van der Waals surface area contributed by atoms with Crippen LogP contribution in [-0.2, 0) is 6.54 Å². The number of halogens is 2. The van der Waals surface area contributed by atoms with Gasteiger partial charge in [-0.2, -0.15) is 0 Å². The average molecular weight is 292 g/mol. The second kappa shape index (κ2) is 5.13. The maximum absolute atomic E-state index is 13.7. The van der Waals surface area contributed by atoms with Crippen LogP contribution >= 0.6 is 11.9 Å². The first kappa shape index (κ1) is 12.9. The van der Waals surface area contributed by atoms with Gasteiger partial charge in [0.1, 0.15) is 11.6 Å². The molecule has 0 saturated carbocycles. The lowest BCUT2D eigenvalue weighted by Gasteiger charge is -2.29. The molecule has 0 atom stereocenters. The van der Waals surface area contributed by atoms with Crippen LogP contribution in [0.5, 0.6) is 0 Å². The molecule has 1 aliphatic heterocycles. The number of anilines is 1. The number of amides is 2. The van der Waals surface area contributed by atoms with Crippen LogP contribution in [0.1, 0.15) is 5.56 Å². The van der Waals surface area contributed by atoms with Gasteiger partial charge in [0.2, 0.25) is 0 Å². The number of hydrogen-bond donors (Lipinski definition) is 1. The number of fused-ring (bicyclic) bond motifs is 1. The van der Waals surface area contributed by atoms with Gasteiger partial charge in [0.25, 0.3) is 0 Å². The molecule has 0 aromatic heterocycles. The fraction of sp³-hybridized carbons (Fsp3) is 0.0714. The Morgan fingerprint density at radius 1 is 1.05 bits per heavy atom. The van der Waals surface area contributed by atoms with Crippen LogP contribution < -0.4 is 9.62 Å². The van der Waals surface area contributed by atoms with Crippen LogP contribution in [0.15, 0.2) is 47.4 Å². The van der Waals surface area contributed by atoms with Gasteiger partial charge in [0, 0.05) is 5.56 Å². The first-order valence-electron chi connectivity index (χ1n) is 5.93. The van der Waals surface area contributed by atoms with E-state index in [1.165, 1.54) is 35.0 Å². The van der Waals surface area contributed by atoms with Crippen LogP contribution in [0.4, 0.5) is 19.3 Å². The van der Waals surface area contributed by atoms with Crippen molar-refractivity contribution in [1.82, 2.24) is 4.72 Å². The smallest absolute Gasteiger partial charge is 0.288 e. The Morgan fingerprint density at radius 2 is 1.75 bits per heavy atom. The molecule has 2 aromatic carbocycles. The Bertz CT molecular complexity index is 658. The van der Waals surface area contributed by atoms with Gasteiger partial charge in [0.15, 0.2) is 0 Å². The summed E-state index contributed by atoms with van der Waals surface area (Å²) >= 11 is 1.19. The van der Waals surface area contributed by atoms with Crippen LogP contribution in [-0.4, -0.2) is 6.03 Å². The highest BCUT2D eigenvalue weighted by Gasteiger charge is 2.26. The van der Waals surface area contributed by atoms with Gasteiger partial charge in [-0.25, -0.2) is 13.6 Å². The zero-order chi connectivity index (χ0) is 14.1. The number of carbonyl (C=O) groups is 1. The van der Waals surface area contributed by atoms with Gasteiger partial charge >= 0.3 is 6.03 Å². The first-order chi connectivity index (χ1) is 9.66. The standard InChI is InChI=1S/C14H10F2N2OS/c15-10-4-3-5-11(16)9(10)8-18-12-6-1-2-7-13(12)20-17-14(18)19/h1-7H,8H2,(H,17,19). The summed E-state index contributed by atoms with van der Waals surface area (Å²) in [5, 5.41) is 0. The second-order valence-electron chi connectivity index (χ2n) is 4.26. The van der Waals surface area contributed by atoms with Crippen molar-refractivity contribution in [2.75, 3.05) is 4.90 Å². The lowest BCUT2D eigenvalue weighted by Crippen LogP contribution is -2.40. The Labute approximate surface area is 118 Å². The number of hydrogen-bond acceptors (Lipinski definition) is 2. The summed E-state index contributed by atoms with van der Waals surface area (Å²) in [7, 11) is 0. The van der Waals surface area contributed by atoms with E-state index in [2.05, 4.69) is 4.72 Å². The summed E-state index contributed by atoms with van der Waals surface area (Å²) in [5.74, 6) is -1.32. The molecule has 0 aliphatic carbocycles. The SMILES string of the molecule is O=C1NSc2ccccc2N1Cc1c(F)cccc1F. The Hall–Kier alpha value is -2.08. The topological polar surface area (TPSA) is 32.3 Å². The monoisotopic (exact) mass is 292 g/mol. The summed E-state index contributed by atoms with van der Waals surface area (Å²) in [4.78, 5) is 14.1. The number of para-hydroxylation sites is 1. The number of carbonyl (C=O) groups excluding carboxylic acids is 1. The van der Waals surface area contributed by atoms with Crippen molar-refractivity contribution in [2.24, 2.45) is 0 Å². The van der Waals surface area contributed by atoms with E-state index >= 15 is 0 Å². The van der Waals surface area contributed by atoms with Crippen molar-refractivity contribution < 1.29 is 13.6 Å². The van der Waals surface area contributed by atoms with E-state index in [0.717, 1.165) is 4.90 Å². The summed E-state index contributed by atoms with van der Waals surface area (Å²) in [6.45, 7) is -0.151. The Kier molecular flexibility index (Phi) is 3.31. The zero-order valence-electron chi connectivity index (χ0n) is 10.3. The van der Waals surface area contributed by atoms with E-state index in [1.54, 1.807) is 12.1 Å². The molecule has 0 spiro atoms. The van der Waals surface area contributed by atoms with Gasteiger partial charge in [-0.3, -0.25) is 9.62 Å². The molecule has 2 aromatic rings. The van der Waals surface area contributed by atoms with Crippen LogP contribution in [0, 0.1) is 11.6 Å². The molecule has 3 nitrogen and oxygen atoms in total. The van der Waals surface area contributed by atoms with Gasteiger partial charge in [-0.1, -0.05) is 18.2 Å². The number of nitrogens with zero attached hydrogens (tertiary/aromatic N) is 1. The van der Waals surface area contributed by atoms with Gasteiger partial charge in [-0.05, 0) is 36.2 Å². The van der Waals surface area contributed by atoms with Crippen molar-refractivity contribution in [3.05, 3.63) is 59.7 Å². The Balaban J connectivity index is 2.00. The third-order valence-electron chi connectivity index (χ3n) is 3.03. The molecule has 3 rings (SSSR count). The highest BCUT2D eigenvalue weighted by Crippen LogP contribution is 2.34. The molecule has 1 N–H and O–H groups in total. The van der Waals surface area contributed by atoms with Gasteiger partial charge < -0.3 is 0 Å². The van der Waals surface area contributed by atoms with E-state index in [9.17, 15) is 13.6 Å². The molecule has 0 bridgehead atoms. The molecule has 0 fully saturated rings. The maximum Gasteiger partial charge on any atom is 0.332 e. The van der Waals surface area contributed by atoms with Crippen molar-refractivity contribution >= 4 is 23.7 Å². The molecule has 2 amide bonds. The summed E-state index contributed by atoms with van der Waals surface area (Å²) in [5.41, 5.74) is 0.522. The summed E-state index contributed by atoms with van der Waals surface area (Å²) in [6, 6.07) is 10.5. The lowest BCUT2D eigenvalue weighted by molar-refractivity contribution is 0.250. The minimum atomic E-state index is -0.659. The number of urea groups is 1. The number of benzene rings is 2. The van der Waals surface area contributed by atoms with E-state index in [-0.39, 0.29) is 12.1 Å². The van der Waals surface area contributed by atoms with E-state index < -0.39 is 17.7 Å². The van der Waals surface area contributed by atoms with Crippen molar-refractivity contribution in [2.45, 2.75) is 11.4 Å². The molecule has 1 aliphatic rings. The highest BCUT2D eigenvalue weighted by atomic mass is 32.2. The van der Waals surface area contributed by atoms with Crippen LogP contribution in [0.2, 0.25) is 0 Å². The van der Waals surface area contributed by atoms with Gasteiger partial charge in [0.05, 0.1) is 17.1 Å². The molecule has 6 heteroatoms. The predicted octanol–water partition coefficient (Wildman–Crippen LogP) is 3.70. The minimum absolute atomic E-state index is 0.121. The van der Waals surface area contributed by atoms with E-state index in [1.807, 2.05) is 12.1 Å². The third-order valence-corrected chi connectivity index (χ3v) is 3.87.